The molecule has 0 aliphatic heterocycles. The van der Waals surface area contributed by atoms with Gasteiger partial charge in [0.1, 0.15) is 0 Å². The third-order valence-corrected chi connectivity index (χ3v) is 3.57. The van der Waals surface area contributed by atoms with Crippen molar-refractivity contribution in [3.05, 3.63) is 48.3 Å². The van der Waals surface area contributed by atoms with E-state index < -0.39 is 10.1 Å². The van der Waals surface area contributed by atoms with E-state index in [0.29, 0.717) is 5.56 Å². The second-order valence-corrected chi connectivity index (χ2v) is 5.20. The number of nitrogens with zero attached hydrogens (tertiary/aromatic N) is 1. The summed E-state index contributed by atoms with van der Waals surface area (Å²) in [5.41, 5.74) is 0.403. The summed E-state index contributed by atoms with van der Waals surface area (Å²) in [4.78, 5) is -0.293. The molecule has 0 unspecified atom stereocenters. The number of aromatic hydroxyl groups is 1. The summed E-state index contributed by atoms with van der Waals surface area (Å²) in [6, 6.07) is 7.96. The molecule has 0 amide bonds. The van der Waals surface area contributed by atoms with Crippen LogP contribution in [0.1, 0.15) is 5.56 Å². The van der Waals surface area contributed by atoms with Crippen molar-refractivity contribution in [3.8, 4) is 11.4 Å². The maximum Gasteiger partial charge on any atom is 0.301 e. The van der Waals surface area contributed by atoms with Crippen molar-refractivity contribution in [2.75, 3.05) is 0 Å². The van der Waals surface area contributed by atoms with Crippen LogP contribution in [0.25, 0.3) is 5.69 Å². The highest BCUT2D eigenvalue weighted by atomic mass is 32.2. The quantitative estimate of drug-likeness (QED) is 0.633. The van der Waals surface area contributed by atoms with Gasteiger partial charge in [-0.15, -0.1) is 0 Å². The summed E-state index contributed by atoms with van der Waals surface area (Å²) in [5.74, 6) is -0.218. The fourth-order valence-electron chi connectivity index (χ4n) is 1.78. The SMILES string of the molecule is Cc1ccc(O)c(-[n+]2ccccc2)c1S(=O)(=O)O. The Hall–Kier alpha value is -1.92. The molecule has 1 aromatic carbocycles. The Morgan fingerprint density at radius 2 is 1.72 bits per heavy atom. The Morgan fingerprint density at radius 1 is 1.11 bits per heavy atom. The zero-order valence-corrected chi connectivity index (χ0v) is 10.4. The zero-order valence-electron chi connectivity index (χ0n) is 9.61. The molecular formula is C12H12NO4S+. The van der Waals surface area contributed by atoms with Gasteiger partial charge in [0.05, 0.1) is 0 Å². The molecule has 0 aliphatic carbocycles. The third kappa shape index (κ3) is 2.20. The van der Waals surface area contributed by atoms with Crippen molar-refractivity contribution < 1.29 is 22.6 Å². The van der Waals surface area contributed by atoms with E-state index in [1.807, 2.05) is 0 Å². The lowest BCUT2D eigenvalue weighted by Crippen LogP contribution is -2.32. The molecule has 0 saturated heterocycles. The maximum atomic E-state index is 11.4. The van der Waals surface area contributed by atoms with Gasteiger partial charge in [0.15, 0.2) is 23.0 Å². The van der Waals surface area contributed by atoms with E-state index in [9.17, 15) is 18.1 Å². The second-order valence-electron chi connectivity index (χ2n) is 3.84. The Morgan fingerprint density at radius 3 is 2.28 bits per heavy atom. The van der Waals surface area contributed by atoms with Crippen LogP contribution in [-0.4, -0.2) is 18.1 Å². The first-order valence-electron chi connectivity index (χ1n) is 5.18. The van der Waals surface area contributed by atoms with Gasteiger partial charge in [0.25, 0.3) is 5.69 Å². The third-order valence-electron chi connectivity index (χ3n) is 2.54. The molecule has 2 N–H and O–H groups in total. The van der Waals surface area contributed by atoms with Crippen molar-refractivity contribution in [2.24, 2.45) is 0 Å². The highest BCUT2D eigenvalue weighted by Crippen LogP contribution is 2.28. The lowest BCUT2D eigenvalue weighted by atomic mass is 10.2. The lowest BCUT2D eigenvalue weighted by molar-refractivity contribution is -0.598. The van der Waals surface area contributed by atoms with Crippen molar-refractivity contribution >= 4 is 10.1 Å². The van der Waals surface area contributed by atoms with E-state index in [1.54, 1.807) is 37.5 Å². The normalized spacial score (nSPS) is 11.4. The fraction of sp³-hybridized carbons (Fsp3) is 0.0833. The summed E-state index contributed by atoms with van der Waals surface area (Å²) in [6.45, 7) is 1.55. The van der Waals surface area contributed by atoms with Gasteiger partial charge in [-0.1, -0.05) is 12.1 Å². The van der Waals surface area contributed by atoms with Crippen LogP contribution in [0.4, 0.5) is 0 Å². The molecule has 0 radical (unpaired) electrons. The van der Waals surface area contributed by atoms with Crippen LogP contribution in [-0.2, 0) is 10.1 Å². The van der Waals surface area contributed by atoms with Gasteiger partial charge >= 0.3 is 10.1 Å². The van der Waals surface area contributed by atoms with E-state index in [0.717, 1.165) is 0 Å². The minimum Gasteiger partial charge on any atom is -0.502 e. The standard InChI is InChI=1S/C12H11NO4S/c1-9-5-6-10(14)11(12(9)18(15,16)17)13-7-3-2-4-8-13/h2-8H,1H3,(H-,14,15,16,17)/p+1. The van der Waals surface area contributed by atoms with E-state index >= 15 is 0 Å². The predicted octanol–water partition coefficient (Wildman–Crippen LogP) is 1.22. The largest absolute Gasteiger partial charge is 0.502 e. The Kier molecular flexibility index (Phi) is 3.06. The number of pyridine rings is 1. The van der Waals surface area contributed by atoms with Crippen LogP contribution in [0.5, 0.6) is 5.75 Å². The highest BCUT2D eigenvalue weighted by molar-refractivity contribution is 7.86. The number of benzene rings is 1. The molecule has 0 atom stereocenters. The van der Waals surface area contributed by atoms with Crippen LogP contribution in [0.15, 0.2) is 47.6 Å². The van der Waals surface area contributed by atoms with E-state index in [2.05, 4.69) is 0 Å². The van der Waals surface area contributed by atoms with Gasteiger partial charge in [-0.05, 0) is 18.6 Å². The van der Waals surface area contributed by atoms with Crippen LogP contribution in [0.3, 0.4) is 0 Å². The average Bonchev–Trinajstić information content (AvgIpc) is 2.31. The fourth-order valence-corrected chi connectivity index (χ4v) is 2.71. The summed E-state index contributed by atoms with van der Waals surface area (Å²) in [5, 5.41) is 9.84. The number of hydrogen-bond acceptors (Lipinski definition) is 3. The average molecular weight is 266 g/mol. The Bertz CT molecular complexity index is 681. The summed E-state index contributed by atoms with van der Waals surface area (Å²) < 4.78 is 33.6. The monoisotopic (exact) mass is 266 g/mol. The number of hydrogen-bond donors (Lipinski definition) is 2. The van der Waals surface area contributed by atoms with E-state index in [-0.39, 0.29) is 16.3 Å². The van der Waals surface area contributed by atoms with Gasteiger partial charge < -0.3 is 5.11 Å². The van der Waals surface area contributed by atoms with Crippen LogP contribution >= 0.6 is 0 Å². The first-order valence-corrected chi connectivity index (χ1v) is 6.62. The zero-order chi connectivity index (χ0) is 13.3. The van der Waals surface area contributed by atoms with Gasteiger partial charge in [-0.2, -0.15) is 13.0 Å². The van der Waals surface area contributed by atoms with Gasteiger partial charge in [0, 0.05) is 12.1 Å². The van der Waals surface area contributed by atoms with Crippen molar-refractivity contribution in [2.45, 2.75) is 11.8 Å². The molecular weight excluding hydrogens is 254 g/mol. The summed E-state index contributed by atoms with van der Waals surface area (Å²) >= 11 is 0. The molecule has 0 saturated carbocycles. The summed E-state index contributed by atoms with van der Waals surface area (Å²) in [7, 11) is -4.42. The van der Waals surface area contributed by atoms with Gasteiger partial charge in [0.2, 0.25) is 0 Å². The van der Waals surface area contributed by atoms with Crippen molar-refractivity contribution in [1.29, 1.82) is 0 Å². The van der Waals surface area contributed by atoms with E-state index in [4.69, 9.17) is 0 Å². The number of aromatic nitrogens is 1. The molecule has 2 aromatic rings. The molecule has 18 heavy (non-hydrogen) atoms. The molecule has 2 rings (SSSR count). The minimum atomic E-state index is -4.42. The Labute approximate surface area is 105 Å². The first-order chi connectivity index (χ1) is 8.41. The number of aryl methyl sites for hydroxylation is 1. The van der Waals surface area contributed by atoms with Gasteiger partial charge in [-0.25, -0.2) is 0 Å². The number of rotatable bonds is 2. The molecule has 6 heteroatoms. The molecule has 94 valence electrons. The van der Waals surface area contributed by atoms with Gasteiger partial charge in [-0.3, -0.25) is 4.55 Å². The smallest absolute Gasteiger partial charge is 0.301 e. The molecule has 1 heterocycles. The van der Waals surface area contributed by atoms with Crippen LogP contribution in [0, 0.1) is 6.92 Å². The first kappa shape index (κ1) is 12.5. The topological polar surface area (TPSA) is 78.5 Å². The lowest BCUT2D eigenvalue weighted by Gasteiger charge is -2.06. The molecule has 0 fully saturated rings. The number of phenolic OH excluding ortho intramolecular Hbond substituents is 1. The minimum absolute atomic E-state index is 0.0399. The molecule has 1 aromatic heterocycles. The highest BCUT2D eigenvalue weighted by Gasteiger charge is 2.28. The van der Waals surface area contributed by atoms with Crippen LogP contribution in [0.2, 0.25) is 0 Å². The van der Waals surface area contributed by atoms with Crippen molar-refractivity contribution in [1.82, 2.24) is 0 Å². The number of phenols is 1. The van der Waals surface area contributed by atoms with E-state index in [1.165, 1.54) is 16.7 Å². The molecule has 0 aliphatic rings. The Balaban J connectivity index is 2.86. The second kappa shape index (κ2) is 4.40. The molecule has 0 spiro atoms. The maximum absolute atomic E-state index is 11.4. The molecule has 0 bridgehead atoms. The van der Waals surface area contributed by atoms with Crippen molar-refractivity contribution in [3.63, 3.8) is 0 Å². The van der Waals surface area contributed by atoms with Crippen LogP contribution < -0.4 is 4.57 Å². The predicted molar refractivity (Wildman–Crippen MR) is 64.2 cm³/mol. The molecule has 5 nitrogen and oxygen atoms in total. The summed E-state index contributed by atoms with van der Waals surface area (Å²) in [6.07, 6.45) is 3.17.